The van der Waals surface area contributed by atoms with Crippen molar-refractivity contribution in [2.24, 2.45) is 0 Å². The maximum atomic E-state index is 9.27. The Morgan fingerprint density at radius 3 is 2.69 bits per heavy atom. The molecule has 1 aromatic rings. The van der Waals surface area contributed by atoms with Gasteiger partial charge < -0.3 is 5.11 Å². The molecule has 1 unspecified atom stereocenters. The molecule has 0 fully saturated rings. The fourth-order valence-corrected chi connectivity index (χ4v) is 1.75. The largest absolute Gasteiger partial charge is 0.392 e. The van der Waals surface area contributed by atoms with Gasteiger partial charge in [-0.1, -0.05) is 6.07 Å². The highest BCUT2D eigenvalue weighted by molar-refractivity contribution is 5.37. The highest BCUT2D eigenvalue weighted by Crippen LogP contribution is 2.12. The molecule has 0 aromatic heterocycles. The number of benzene rings is 1. The average Bonchev–Trinajstić information content (AvgIpc) is 2.19. The first-order valence-corrected chi connectivity index (χ1v) is 5.39. The van der Waals surface area contributed by atoms with E-state index in [-0.39, 0.29) is 6.10 Å². The summed E-state index contributed by atoms with van der Waals surface area (Å²) in [6.07, 6.45) is -0.316. The van der Waals surface area contributed by atoms with E-state index in [1.165, 1.54) is 5.56 Å². The van der Waals surface area contributed by atoms with Crippen LogP contribution in [0.2, 0.25) is 0 Å². The molecule has 0 aliphatic carbocycles. The van der Waals surface area contributed by atoms with Gasteiger partial charge in [-0.25, -0.2) is 0 Å². The van der Waals surface area contributed by atoms with Crippen molar-refractivity contribution in [1.82, 2.24) is 4.90 Å². The molecule has 0 heterocycles. The lowest BCUT2D eigenvalue weighted by atomic mass is 10.1. The van der Waals surface area contributed by atoms with E-state index in [2.05, 4.69) is 11.0 Å². The van der Waals surface area contributed by atoms with E-state index in [0.717, 1.165) is 12.1 Å². The molecule has 1 rings (SSSR count). The Bertz CT molecular complexity index is 393. The van der Waals surface area contributed by atoms with Crippen LogP contribution in [0.5, 0.6) is 0 Å². The highest BCUT2D eigenvalue weighted by atomic mass is 16.3. The fraction of sp³-hybridized carbons (Fsp3) is 0.462. The Morgan fingerprint density at radius 1 is 1.50 bits per heavy atom. The second-order valence-electron chi connectivity index (χ2n) is 4.30. The third-order valence-corrected chi connectivity index (χ3v) is 2.49. The minimum Gasteiger partial charge on any atom is -0.392 e. The molecular formula is C13H18N2O. The highest BCUT2D eigenvalue weighted by Gasteiger charge is 2.06. The minimum absolute atomic E-state index is 0.316. The van der Waals surface area contributed by atoms with Crippen LogP contribution in [-0.4, -0.2) is 29.7 Å². The van der Waals surface area contributed by atoms with Gasteiger partial charge in [-0.3, -0.25) is 4.90 Å². The topological polar surface area (TPSA) is 47.3 Å². The predicted molar refractivity (Wildman–Crippen MR) is 63.9 cm³/mol. The molecule has 1 aromatic carbocycles. The third-order valence-electron chi connectivity index (χ3n) is 2.49. The van der Waals surface area contributed by atoms with Crippen molar-refractivity contribution in [1.29, 1.82) is 5.26 Å². The first-order chi connectivity index (χ1) is 7.52. The summed E-state index contributed by atoms with van der Waals surface area (Å²) in [5.74, 6) is 0. The van der Waals surface area contributed by atoms with Gasteiger partial charge in [0.2, 0.25) is 0 Å². The van der Waals surface area contributed by atoms with Crippen molar-refractivity contribution in [3.63, 3.8) is 0 Å². The Kier molecular flexibility index (Phi) is 4.48. The second-order valence-corrected chi connectivity index (χ2v) is 4.30. The summed E-state index contributed by atoms with van der Waals surface area (Å²) in [4.78, 5) is 2.07. The second kappa shape index (κ2) is 5.64. The number of aliphatic hydroxyl groups is 1. The maximum absolute atomic E-state index is 9.27. The van der Waals surface area contributed by atoms with Gasteiger partial charge in [0.25, 0.3) is 0 Å². The van der Waals surface area contributed by atoms with Gasteiger partial charge >= 0.3 is 0 Å². The summed E-state index contributed by atoms with van der Waals surface area (Å²) in [5.41, 5.74) is 3.01. The molecule has 3 nitrogen and oxygen atoms in total. The monoisotopic (exact) mass is 218 g/mol. The molecular weight excluding hydrogens is 200 g/mol. The predicted octanol–water partition coefficient (Wildman–Crippen LogP) is 1.68. The van der Waals surface area contributed by atoms with E-state index in [4.69, 9.17) is 5.26 Å². The summed E-state index contributed by atoms with van der Waals surface area (Å²) in [6, 6.07) is 7.83. The number of aryl methyl sites for hydroxylation is 1. The molecule has 0 aliphatic heterocycles. The van der Waals surface area contributed by atoms with Gasteiger partial charge in [-0.15, -0.1) is 0 Å². The number of hydrogen-bond acceptors (Lipinski definition) is 3. The van der Waals surface area contributed by atoms with Crippen molar-refractivity contribution < 1.29 is 5.11 Å². The summed E-state index contributed by atoms with van der Waals surface area (Å²) >= 11 is 0. The lowest BCUT2D eigenvalue weighted by molar-refractivity contribution is 0.138. The van der Waals surface area contributed by atoms with Crippen LogP contribution in [0.15, 0.2) is 18.2 Å². The molecule has 0 aliphatic rings. The number of hydrogen-bond donors (Lipinski definition) is 1. The molecule has 0 saturated carbocycles. The summed E-state index contributed by atoms with van der Waals surface area (Å²) in [6.45, 7) is 5.23. The van der Waals surface area contributed by atoms with E-state index in [1.54, 1.807) is 6.92 Å². The van der Waals surface area contributed by atoms with Gasteiger partial charge in [0, 0.05) is 13.1 Å². The number of aliphatic hydroxyl groups excluding tert-OH is 1. The first kappa shape index (κ1) is 12.7. The lowest BCUT2D eigenvalue weighted by Crippen LogP contribution is -2.27. The molecule has 16 heavy (non-hydrogen) atoms. The zero-order valence-electron chi connectivity index (χ0n) is 10.1. The molecule has 0 bridgehead atoms. The van der Waals surface area contributed by atoms with Gasteiger partial charge in [0.05, 0.1) is 17.7 Å². The lowest BCUT2D eigenvalue weighted by Gasteiger charge is -2.19. The van der Waals surface area contributed by atoms with E-state index in [9.17, 15) is 5.11 Å². The molecule has 1 N–H and O–H groups in total. The number of nitrogens with zero attached hydrogens (tertiary/aromatic N) is 2. The van der Waals surface area contributed by atoms with Crippen molar-refractivity contribution in [3.8, 4) is 6.07 Å². The van der Waals surface area contributed by atoms with Crippen LogP contribution in [0, 0.1) is 18.3 Å². The van der Waals surface area contributed by atoms with Crippen molar-refractivity contribution >= 4 is 0 Å². The van der Waals surface area contributed by atoms with Crippen LogP contribution in [-0.2, 0) is 6.54 Å². The summed E-state index contributed by atoms with van der Waals surface area (Å²) in [5, 5.41) is 18.0. The Labute approximate surface area is 96.9 Å². The first-order valence-electron chi connectivity index (χ1n) is 5.39. The van der Waals surface area contributed by atoms with E-state index >= 15 is 0 Å². The van der Waals surface area contributed by atoms with Crippen molar-refractivity contribution in [2.75, 3.05) is 13.6 Å². The molecule has 0 amide bonds. The van der Waals surface area contributed by atoms with Crippen LogP contribution in [0.25, 0.3) is 0 Å². The fourth-order valence-electron chi connectivity index (χ4n) is 1.75. The van der Waals surface area contributed by atoms with Gasteiger partial charge in [0.15, 0.2) is 0 Å². The Balaban J connectivity index is 2.71. The molecule has 0 radical (unpaired) electrons. The zero-order valence-corrected chi connectivity index (χ0v) is 10.1. The molecule has 3 heteroatoms. The molecule has 1 atom stereocenters. The van der Waals surface area contributed by atoms with Crippen LogP contribution >= 0.6 is 0 Å². The minimum atomic E-state index is -0.316. The molecule has 0 saturated heterocycles. The normalized spacial score (nSPS) is 12.5. The smallest absolute Gasteiger partial charge is 0.0991 e. The number of likely N-dealkylation sites (N-methyl/N-ethyl adjacent to an activating group) is 1. The Hall–Kier alpha value is -1.37. The zero-order chi connectivity index (χ0) is 12.1. The summed E-state index contributed by atoms with van der Waals surface area (Å²) in [7, 11) is 1.98. The third kappa shape index (κ3) is 3.65. The molecule has 0 spiro atoms. The van der Waals surface area contributed by atoms with Gasteiger partial charge in [0.1, 0.15) is 0 Å². The van der Waals surface area contributed by atoms with Crippen LogP contribution < -0.4 is 0 Å². The standard InChI is InChI=1S/C13H18N2O/c1-10-6-12(7-14)4-5-13(10)9-15(3)8-11(2)16/h4-6,11,16H,8-9H2,1-3H3. The summed E-state index contributed by atoms with van der Waals surface area (Å²) < 4.78 is 0. The van der Waals surface area contributed by atoms with E-state index < -0.39 is 0 Å². The van der Waals surface area contributed by atoms with Crippen molar-refractivity contribution in [2.45, 2.75) is 26.5 Å². The van der Waals surface area contributed by atoms with Crippen molar-refractivity contribution in [3.05, 3.63) is 34.9 Å². The SMILES string of the molecule is Cc1cc(C#N)ccc1CN(C)CC(C)O. The Morgan fingerprint density at radius 2 is 2.19 bits per heavy atom. The number of nitriles is 1. The van der Waals surface area contributed by atoms with Crippen LogP contribution in [0.3, 0.4) is 0 Å². The van der Waals surface area contributed by atoms with E-state index in [1.807, 2.05) is 32.2 Å². The number of rotatable bonds is 4. The average molecular weight is 218 g/mol. The van der Waals surface area contributed by atoms with Gasteiger partial charge in [-0.2, -0.15) is 5.26 Å². The quantitative estimate of drug-likeness (QED) is 0.836. The van der Waals surface area contributed by atoms with Crippen LogP contribution in [0.4, 0.5) is 0 Å². The van der Waals surface area contributed by atoms with E-state index in [0.29, 0.717) is 12.1 Å². The van der Waals surface area contributed by atoms with Gasteiger partial charge in [-0.05, 0) is 44.2 Å². The maximum Gasteiger partial charge on any atom is 0.0991 e. The molecule has 86 valence electrons. The van der Waals surface area contributed by atoms with Crippen LogP contribution in [0.1, 0.15) is 23.6 Å².